The zero-order valence-corrected chi connectivity index (χ0v) is 13.0. The summed E-state index contributed by atoms with van der Waals surface area (Å²) in [6, 6.07) is 8.73. The molecule has 0 saturated carbocycles. The highest BCUT2D eigenvalue weighted by atomic mass is 32.1. The quantitative estimate of drug-likeness (QED) is 0.826. The lowest BCUT2D eigenvalue weighted by atomic mass is 10.3. The van der Waals surface area contributed by atoms with Gasteiger partial charge in [-0.1, -0.05) is 12.1 Å². The van der Waals surface area contributed by atoms with E-state index in [0.717, 1.165) is 12.1 Å². The molecule has 0 bridgehead atoms. The number of likely N-dealkylation sites (tertiary alicyclic amines) is 1. The van der Waals surface area contributed by atoms with E-state index in [-0.39, 0.29) is 0 Å². The average Bonchev–Trinajstić information content (AvgIpc) is 3.12. The van der Waals surface area contributed by atoms with Gasteiger partial charge in [0.05, 0.1) is 16.3 Å². The molecule has 1 fully saturated rings. The highest BCUT2D eigenvalue weighted by molar-refractivity contribution is 7.18. The van der Waals surface area contributed by atoms with Crippen LogP contribution < -0.4 is 5.32 Å². The van der Waals surface area contributed by atoms with E-state index in [1.165, 1.54) is 48.6 Å². The minimum Gasteiger partial charge on any atom is -0.308 e. The minimum absolute atomic E-state index is 0.353. The maximum atomic E-state index is 4.71. The second kappa shape index (κ2) is 6.66. The molecule has 1 unspecified atom stereocenters. The molecule has 2 aromatic rings. The molecule has 1 aromatic heterocycles. The van der Waals surface area contributed by atoms with Crippen molar-refractivity contribution in [1.82, 2.24) is 15.2 Å². The Morgan fingerprint density at radius 3 is 2.90 bits per heavy atom. The van der Waals surface area contributed by atoms with Gasteiger partial charge >= 0.3 is 0 Å². The van der Waals surface area contributed by atoms with E-state index in [1.54, 1.807) is 11.3 Å². The second-order valence-corrected chi connectivity index (χ2v) is 6.66. The minimum atomic E-state index is 0.353. The summed E-state index contributed by atoms with van der Waals surface area (Å²) in [5, 5.41) is 4.81. The van der Waals surface area contributed by atoms with Crippen LogP contribution in [0.1, 0.15) is 37.2 Å². The third-order valence-electron chi connectivity index (χ3n) is 3.98. The predicted molar refractivity (Wildman–Crippen MR) is 86.3 cm³/mol. The smallest absolute Gasteiger partial charge is 0.111 e. The van der Waals surface area contributed by atoms with E-state index < -0.39 is 0 Å². The fraction of sp³-hybridized carbons (Fsp3) is 0.562. The molecule has 108 valence electrons. The van der Waals surface area contributed by atoms with Gasteiger partial charge in [-0.15, -0.1) is 11.3 Å². The molecule has 4 heteroatoms. The molecule has 1 atom stereocenters. The van der Waals surface area contributed by atoms with Gasteiger partial charge in [-0.2, -0.15) is 0 Å². The van der Waals surface area contributed by atoms with Gasteiger partial charge in [0.1, 0.15) is 5.01 Å². The van der Waals surface area contributed by atoms with E-state index in [9.17, 15) is 0 Å². The summed E-state index contributed by atoms with van der Waals surface area (Å²) in [5.74, 6) is 0. The summed E-state index contributed by atoms with van der Waals surface area (Å²) in [6.07, 6.45) is 4.00. The van der Waals surface area contributed by atoms with Crippen molar-refractivity contribution < 1.29 is 0 Å². The normalized spacial score (nSPS) is 17.9. The van der Waals surface area contributed by atoms with Crippen molar-refractivity contribution in [3.8, 4) is 0 Å². The van der Waals surface area contributed by atoms with Gasteiger partial charge in [0.25, 0.3) is 0 Å². The van der Waals surface area contributed by atoms with E-state index in [0.29, 0.717) is 6.04 Å². The summed E-state index contributed by atoms with van der Waals surface area (Å²) in [5.41, 5.74) is 1.12. The molecule has 1 aromatic carbocycles. The van der Waals surface area contributed by atoms with Crippen LogP contribution in [0.5, 0.6) is 0 Å². The van der Waals surface area contributed by atoms with Gasteiger partial charge in [-0.05, 0) is 64.5 Å². The molecule has 0 amide bonds. The highest BCUT2D eigenvalue weighted by Gasteiger charge is 2.12. The molecule has 3 rings (SSSR count). The van der Waals surface area contributed by atoms with Crippen LogP contribution in [0.2, 0.25) is 0 Å². The Morgan fingerprint density at radius 1 is 1.30 bits per heavy atom. The number of nitrogens with one attached hydrogen (secondary N) is 1. The third kappa shape index (κ3) is 3.37. The third-order valence-corrected chi connectivity index (χ3v) is 5.20. The van der Waals surface area contributed by atoms with Gasteiger partial charge in [0, 0.05) is 0 Å². The van der Waals surface area contributed by atoms with Crippen LogP contribution in [0.4, 0.5) is 0 Å². The number of hydrogen-bond acceptors (Lipinski definition) is 4. The summed E-state index contributed by atoms with van der Waals surface area (Å²) in [4.78, 5) is 7.29. The molecule has 1 aliphatic heterocycles. The lowest BCUT2D eigenvalue weighted by Gasteiger charge is -2.16. The molecular formula is C16H23N3S. The Balaban J connectivity index is 1.47. The first-order chi connectivity index (χ1) is 9.83. The topological polar surface area (TPSA) is 28.2 Å². The van der Waals surface area contributed by atoms with E-state index in [4.69, 9.17) is 4.98 Å². The summed E-state index contributed by atoms with van der Waals surface area (Å²) < 4.78 is 1.29. The zero-order valence-electron chi connectivity index (χ0n) is 12.1. The average molecular weight is 289 g/mol. The number of thiazole rings is 1. The number of aromatic nitrogens is 1. The fourth-order valence-corrected chi connectivity index (χ4v) is 3.78. The van der Waals surface area contributed by atoms with Gasteiger partial charge < -0.3 is 10.2 Å². The van der Waals surface area contributed by atoms with Crippen molar-refractivity contribution in [3.63, 3.8) is 0 Å². The van der Waals surface area contributed by atoms with Gasteiger partial charge in [0.2, 0.25) is 0 Å². The SMILES string of the molecule is CC(NCCCN1CCCC1)c1nc2ccccc2s1. The van der Waals surface area contributed by atoms with Gasteiger partial charge in [0.15, 0.2) is 0 Å². The molecule has 0 aliphatic carbocycles. The second-order valence-electron chi connectivity index (χ2n) is 5.60. The standard InChI is InChI=1S/C16H23N3S/c1-13(17-9-6-12-19-10-4-5-11-19)16-18-14-7-2-3-8-15(14)20-16/h2-3,7-8,13,17H,4-6,9-12H2,1H3. The Bertz CT molecular complexity index is 512. The van der Waals surface area contributed by atoms with Gasteiger partial charge in [-0.25, -0.2) is 4.98 Å². The predicted octanol–water partition coefficient (Wildman–Crippen LogP) is 3.43. The first kappa shape index (κ1) is 14.0. The number of benzene rings is 1. The van der Waals surface area contributed by atoms with Crippen molar-refractivity contribution in [2.75, 3.05) is 26.2 Å². The molecule has 1 N–H and O–H groups in total. The van der Waals surface area contributed by atoms with Crippen molar-refractivity contribution in [2.45, 2.75) is 32.2 Å². The van der Waals surface area contributed by atoms with Crippen LogP contribution in [-0.2, 0) is 0 Å². The molecule has 1 saturated heterocycles. The van der Waals surface area contributed by atoms with Crippen LogP contribution in [0, 0.1) is 0 Å². The highest BCUT2D eigenvalue weighted by Crippen LogP contribution is 2.25. The first-order valence-corrected chi connectivity index (χ1v) is 8.46. The monoisotopic (exact) mass is 289 g/mol. The zero-order chi connectivity index (χ0) is 13.8. The van der Waals surface area contributed by atoms with Crippen molar-refractivity contribution in [1.29, 1.82) is 0 Å². The molecular weight excluding hydrogens is 266 g/mol. The lowest BCUT2D eigenvalue weighted by Crippen LogP contribution is -2.26. The summed E-state index contributed by atoms with van der Waals surface area (Å²) in [7, 11) is 0. The van der Waals surface area contributed by atoms with E-state index in [2.05, 4.69) is 41.4 Å². The molecule has 3 nitrogen and oxygen atoms in total. The van der Waals surface area contributed by atoms with Crippen molar-refractivity contribution in [2.24, 2.45) is 0 Å². The first-order valence-electron chi connectivity index (χ1n) is 7.64. The molecule has 2 heterocycles. The van der Waals surface area contributed by atoms with E-state index >= 15 is 0 Å². The molecule has 20 heavy (non-hydrogen) atoms. The van der Waals surface area contributed by atoms with Crippen LogP contribution in [0.3, 0.4) is 0 Å². The Hall–Kier alpha value is -0.970. The van der Waals surface area contributed by atoms with Crippen LogP contribution in [0.25, 0.3) is 10.2 Å². The molecule has 0 radical (unpaired) electrons. The maximum Gasteiger partial charge on any atom is 0.111 e. The number of rotatable bonds is 6. The van der Waals surface area contributed by atoms with E-state index in [1.807, 2.05) is 0 Å². The number of nitrogens with zero attached hydrogens (tertiary/aromatic N) is 2. The van der Waals surface area contributed by atoms with Crippen molar-refractivity contribution >= 4 is 21.6 Å². The Morgan fingerprint density at radius 2 is 2.10 bits per heavy atom. The number of fused-ring (bicyclic) bond motifs is 1. The Labute approximate surface area is 125 Å². The van der Waals surface area contributed by atoms with Crippen molar-refractivity contribution in [3.05, 3.63) is 29.3 Å². The van der Waals surface area contributed by atoms with Crippen LogP contribution >= 0.6 is 11.3 Å². The number of para-hydroxylation sites is 1. The summed E-state index contributed by atoms with van der Waals surface area (Å²) >= 11 is 1.80. The molecule has 1 aliphatic rings. The number of hydrogen-bond donors (Lipinski definition) is 1. The lowest BCUT2D eigenvalue weighted by molar-refractivity contribution is 0.328. The maximum absolute atomic E-state index is 4.71. The fourth-order valence-electron chi connectivity index (χ4n) is 2.79. The van der Waals surface area contributed by atoms with Crippen LogP contribution in [-0.4, -0.2) is 36.1 Å². The Kier molecular flexibility index (Phi) is 4.65. The van der Waals surface area contributed by atoms with Gasteiger partial charge in [-0.3, -0.25) is 0 Å². The largest absolute Gasteiger partial charge is 0.308 e. The summed E-state index contributed by atoms with van der Waals surface area (Å²) in [6.45, 7) is 7.13. The van der Waals surface area contributed by atoms with Crippen LogP contribution in [0.15, 0.2) is 24.3 Å². The molecule has 0 spiro atoms.